The molecule has 0 saturated carbocycles. The van der Waals surface area contributed by atoms with Gasteiger partial charge in [0.25, 0.3) is 5.91 Å². The second-order valence-electron chi connectivity index (χ2n) is 4.63. The molecule has 0 unspecified atom stereocenters. The highest BCUT2D eigenvalue weighted by molar-refractivity contribution is 5.97. The number of morpholine rings is 1. The Morgan fingerprint density at radius 1 is 1.32 bits per heavy atom. The van der Waals surface area contributed by atoms with E-state index in [1.807, 2.05) is 0 Å². The van der Waals surface area contributed by atoms with Crippen LogP contribution in [0.3, 0.4) is 0 Å². The summed E-state index contributed by atoms with van der Waals surface area (Å²) >= 11 is 0. The van der Waals surface area contributed by atoms with Crippen molar-refractivity contribution in [1.29, 1.82) is 0 Å². The Kier molecular flexibility index (Phi) is 2.87. The normalized spacial score (nSPS) is 15.9. The van der Waals surface area contributed by atoms with E-state index in [-0.39, 0.29) is 11.6 Å². The van der Waals surface area contributed by atoms with Gasteiger partial charge in [-0.1, -0.05) is 0 Å². The minimum Gasteiger partial charge on any atom is -0.378 e. The van der Waals surface area contributed by atoms with Crippen LogP contribution in [0, 0.1) is 0 Å². The molecule has 1 saturated heterocycles. The first kappa shape index (κ1) is 12.0. The van der Waals surface area contributed by atoms with E-state index in [9.17, 15) is 9.59 Å². The predicted octanol–water partition coefficient (Wildman–Crippen LogP) is 0.339. The van der Waals surface area contributed by atoms with E-state index in [1.165, 1.54) is 4.57 Å². The Bertz CT molecular complexity index is 680. The van der Waals surface area contributed by atoms with Crippen LogP contribution in [0.5, 0.6) is 0 Å². The fraction of sp³-hybridized carbons (Fsp3) is 0.385. The molecule has 1 aromatic heterocycles. The predicted molar refractivity (Wildman–Crippen MR) is 70.3 cm³/mol. The van der Waals surface area contributed by atoms with E-state index in [0.717, 1.165) is 5.52 Å². The molecule has 6 nitrogen and oxygen atoms in total. The standard InChI is InChI=1S/C13H15N3O3/c1-15-11-3-2-9(8-10(11)14-13(15)18)12(17)16-4-6-19-7-5-16/h2-3,8H,4-7H2,1H3,(H,14,18). The second-order valence-corrected chi connectivity index (χ2v) is 4.63. The average Bonchev–Trinajstić information content (AvgIpc) is 2.74. The van der Waals surface area contributed by atoms with Crippen molar-refractivity contribution in [3.8, 4) is 0 Å². The summed E-state index contributed by atoms with van der Waals surface area (Å²) in [5.41, 5.74) is 1.90. The molecular formula is C13H15N3O3. The van der Waals surface area contributed by atoms with Crippen molar-refractivity contribution in [2.24, 2.45) is 7.05 Å². The molecule has 19 heavy (non-hydrogen) atoms. The van der Waals surface area contributed by atoms with Crippen LogP contribution in [-0.4, -0.2) is 46.7 Å². The van der Waals surface area contributed by atoms with Crippen LogP contribution < -0.4 is 5.69 Å². The van der Waals surface area contributed by atoms with Gasteiger partial charge in [-0.2, -0.15) is 0 Å². The summed E-state index contributed by atoms with van der Waals surface area (Å²) in [5.74, 6) is -0.0186. The van der Waals surface area contributed by atoms with Crippen molar-refractivity contribution in [3.63, 3.8) is 0 Å². The lowest BCUT2D eigenvalue weighted by molar-refractivity contribution is 0.0303. The molecule has 2 aromatic rings. The van der Waals surface area contributed by atoms with E-state index in [1.54, 1.807) is 30.1 Å². The Morgan fingerprint density at radius 2 is 2.05 bits per heavy atom. The van der Waals surface area contributed by atoms with Gasteiger partial charge in [-0.3, -0.25) is 9.36 Å². The van der Waals surface area contributed by atoms with Crippen molar-refractivity contribution in [3.05, 3.63) is 34.2 Å². The van der Waals surface area contributed by atoms with Gasteiger partial charge < -0.3 is 14.6 Å². The zero-order chi connectivity index (χ0) is 13.4. The molecule has 0 radical (unpaired) electrons. The first-order valence-corrected chi connectivity index (χ1v) is 6.22. The van der Waals surface area contributed by atoms with Crippen molar-refractivity contribution >= 4 is 16.9 Å². The molecular weight excluding hydrogens is 246 g/mol. The summed E-state index contributed by atoms with van der Waals surface area (Å²) in [7, 11) is 1.70. The molecule has 1 aliphatic rings. The number of rotatable bonds is 1. The largest absolute Gasteiger partial charge is 0.378 e. The lowest BCUT2D eigenvalue weighted by Crippen LogP contribution is -2.40. The maximum atomic E-state index is 12.3. The number of nitrogens with zero attached hydrogens (tertiary/aromatic N) is 2. The quantitative estimate of drug-likeness (QED) is 0.805. The van der Waals surface area contributed by atoms with Crippen LogP contribution in [0.4, 0.5) is 0 Å². The Hall–Kier alpha value is -2.08. The number of nitrogens with one attached hydrogen (secondary N) is 1. The van der Waals surface area contributed by atoms with Crippen LogP contribution in [0.15, 0.2) is 23.0 Å². The maximum Gasteiger partial charge on any atom is 0.326 e. The van der Waals surface area contributed by atoms with Gasteiger partial charge in [-0.05, 0) is 18.2 Å². The number of ether oxygens (including phenoxy) is 1. The summed E-state index contributed by atoms with van der Waals surface area (Å²) in [6, 6.07) is 5.28. The number of amides is 1. The van der Waals surface area contributed by atoms with E-state index < -0.39 is 0 Å². The highest BCUT2D eigenvalue weighted by atomic mass is 16.5. The van der Waals surface area contributed by atoms with Gasteiger partial charge in [0, 0.05) is 25.7 Å². The molecule has 3 rings (SSSR count). The van der Waals surface area contributed by atoms with Crippen molar-refractivity contribution in [2.45, 2.75) is 0 Å². The van der Waals surface area contributed by atoms with E-state index in [4.69, 9.17) is 4.74 Å². The summed E-state index contributed by atoms with van der Waals surface area (Å²) in [5, 5.41) is 0. The molecule has 0 spiro atoms. The number of hydrogen-bond donors (Lipinski definition) is 1. The van der Waals surface area contributed by atoms with Gasteiger partial charge in [-0.25, -0.2) is 4.79 Å². The second kappa shape index (κ2) is 4.55. The van der Waals surface area contributed by atoms with Crippen molar-refractivity contribution < 1.29 is 9.53 Å². The number of H-pyrrole nitrogens is 1. The van der Waals surface area contributed by atoms with Gasteiger partial charge in [0.05, 0.1) is 24.2 Å². The molecule has 0 bridgehead atoms. The SMILES string of the molecule is Cn1c(=O)[nH]c2cc(C(=O)N3CCOCC3)ccc21. The fourth-order valence-corrected chi connectivity index (χ4v) is 2.32. The number of carbonyl (C=O) groups excluding carboxylic acids is 1. The number of aromatic nitrogens is 2. The van der Waals surface area contributed by atoms with E-state index >= 15 is 0 Å². The minimum atomic E-state index is -0.175. The number of hydrogen-bond acceptors (Lipinski definition) is 3. The monoisotopic (exact) mass is 261 g/mol. The summed E-state index contributed by atoms with van der Waals surface area (Å²) in [6.07, 6.45) is 0. The van der Waals surface area contributed by atoms with Crippen LogP contribution >= 0.6 is 0 Å². The fourth-order valence-electron chi connectivity index (χ4n) is 2.32. The molecule has 0 atom stereocenters. The van der Waals surface area contributed by atoms with E-state index in [0.29, 0.717) is 37.4 Å². The highest BCUT2D eigenvalue weighted by Gasteiger charge is 2.19. The topological polar surface area (TPSA) is 67.3 Å². The number of fused-ring (bicyclic) bond motifs is 1. The molecule has 100 valence electrons. The molecule has 1 fully saturated rings. The molecule has 1 N–H and O–H groups in total. The number of carbonyl (C=O) groups is 1. The maximum absolute atomic E-state index is 12.3. The summed E-state index contributed by atoms with van der Waals surface area (Å²) in [4.78, 5) is 28.3. The highest BCUT2D eigenvalue weighted by Crippen LogP contribution is 2.14. The zero-order valence-electron chi connectivity index (χ0n) is 10.7. The van der Waals surface area contributed by atoms with Gasteiger partial charge in [0.2, 0.25) is 0 Å². The van der Waals surface area contributed by atoms with Crippen LogP contribution in [0.25, 0.3) is 11.0 Å². The summed E-state index contributed by atoms with van der Waals surface area (Å²) < 4.78 is 6.76. The van der Waals surface area contributed by atoms with E-state index in [2.05, 4.69) is 4.98 Å². The third kappa shape index (κ3) is 2.04. The third-order valence-electron chi connectivity index (χ3n) is 3.45. The van der Waals surface area contributed by atoms with Crippen LogP contribution in [0.2, 0.25) is 0 Å². The number of aromatic amines is 1. The first-order valence-electron chi connectivity index (χ1n) is 6.22. The minimum absolute atomic E-state index is 0.0186. The lowest BCUT2D eigenvalue weighted by Gasteiger charge is -2.26. The molecule has 1 aromatic carbocycles. The van der Waals surface area contributed by atoms with Gasteiger partial charge in [0.1, 0.15) is 0 Å². The zero-order valence-corrected chi connectivity index (χ0v) is 10.7. The lowest BCUT2D eigenvalue weighted by atomic mass is 10.1. The number of imidazole rings is 1. The summed E-state index contributed by atoms with van der Waals surface area (Å²) in [6.45, 7) is 2.39. The van der Waals surface area contributed by atoms with Crippen LogP contribution in [-0.2, 0) is 11.8 Å². The third-order valence-corrected chi connectivity index (χ3v) is 3.45. The van der Waals surface area contributed by atoms with Crippen molar-refractivity contribution in [1.82, 2.24) is 14.5 Å². The smallest absolute Gasteiger partial charge is 0.326 e. The average molecular weight is 261 g/mol. The van der Waals surface area contributed by atoms with Crippen molar-refractivity contribution in [2.75, 3.05) is 26.3 Å². The first-order chi connectivity index (χ1) is 9.16. The van der Waals surface area contributed by atoms with Crippen LogP contribution in [0.1, 0.15) is 10.4 Å². The molecule has 1 aliphatic heterocycles. The molecule has 1 amide bonds. The number of benzene rings is 1. The van der Waals surface area contributed by atoms with Gasteiger partial charge in [0.15, 0.2) is 0 Å². The van der Waals surface area contributed by atoms with Gasteiger partial charge in [-0.15, -0.1) is 0 Å². The molecule has 2 heterocycles. The Morgan fingerprint density at radius 3 is 2.79 bits per heavy atom. The molecule has 6 heteroatoms. The number of aryl methyl sites for hydroxylation is 1. The molecule has 0 aliphatic carbocycles. The van der Waals surface area contributed by atoms with Gasteiger partial charge >= 0.3 is 5.69 Å². The Labute approximate surface area is 109 Å². The Balaban J connectivity index is 1.96.